The molecule has 0 spiro atoms. The summed E-state index contributed by atoms with van der Waals surface area (Å²) in [7, 11) is 0. The Morgan fingerprint density at radius 3 is 2.07 bits per heavy atom. The van der Waals surface area contributed by atoms with Gasteiger partial charge < -0.3 is 0 Å². The van der Waals surface area contributed by atoms with E-state index in [1.165, 1.54) is 12.1 Å². The molecule has 0 N–H and O–H groups in total. The summed E-state index contributed by atoms with van der Waals surface area (Å²) in [5.74, 6) is -0.213. The van der Waals surface area contributed by atoms with Crippen molar-refractivity contribution < 1.29 is 4.39 Å². The molecule has 4 rings (SSSR count). The Morgan fingerprint density at radius 2 is 1.38 bits per heavy atom. The van der Waals surface area contributed by atoms with Gasteiger partial charge in [0.2, 0.25) is 0 Å². The van der Waals surface area contributed by atoms with Gasteiger partial charge in [-0.15, -0.1) is 0 Å². The van der Waals surface area contributed by atoms with E-state index in [9.17, 15) is 4.39 Å². The van der Waals surface area contributed by atoms with E-state index in [4.69, 9.17) is 23.2 Å². The predicted octanol–water partition coefficient (Wildman–Crippen LogP) is 6.54. The molecule has 1 fully saturated rings. The summed E-state index contributed by atoms with van der Waals surface area (Å²) in [5, 5.41) is 1.54. The van der Waals surface area contributed by atoms with Gasteiger partial charge in [0.25, 0.3) is 0 Å². The van der Waals surface area contributed by atoms with Crippen LogP contribution in [0.4, 0.5) is 4.39 Å². The van der Waals surface area contributed by atoms with E-state index in [0.717, 1.165) is 59.3 Å². The van der Waals surface area contributed by atoms with Crippen molar-refractivity contribution in [2.45, 2.75) is 25.7 Å². The molecule has 1 aliphatic rings. The normalized spacial score (nSPS) is 18.1. The van der Waals surface area contributed by atoms with E-state index < -0.39 is 0 Å². The van der Waals surface area contributed by atoms with Crippen molar-refractivity contribution in [3.63, 3.8) is 0 Å². The second-order valence-corrected chi connectivity index (χ2v) is 8.22. The van der Waals surface area contributed by atoms with Crippen molar-refractivity contribution in [2.75, 3.05) is 13.1 Å². The van der Waals surface area contributed by atoms with Crippen LogP contribution in [0.2, 0.25) is 10.0 Å². The molecule has 1 atom stereocenters. The van der Waals surface area contributed by atoms with E-state index in [1.54, 1.807) is 0 Å². The molecule has 0 bridgehead atoms. The fourth-order valence-electron chi connectivity index (χ4n) is 4.03. The highest BCUT2D eigenvalue weighted by molar-refractivity contribution is 6.31. The smallest absolute Gasteiger partial charge is 0.123 e. The Hall–Kier alpha value is -1.91. The molecule has 3 aromatic rings. The SMILES string of the molecule is Fc1ccc(CN2CCCN(Cc3ccccc3Cl)[C@@H]2c2ccccc2Cl)cc1. The van der Waals surface area contributed by atoms with Gasteiger partial charge in [0, 0.05) is 41.8 Å². The Balaban J connectivity index is 1.67. The average Bonchev–Trinajstić information content (AvgIpc) is 2.72. The summed E-state index contributed by atoms with van der Waals surface area (Å²) in [4.78, 5) is 4.84. The summed E-state index contributed by atoms with van der Waals surface area (Å²) in [6.45, 7) is 3.39. The number of hydrogen-bond donors (Lipinski definition) is 0. The minimum atomic E-state index is -0.213. The van der Waals surface area contributed by atoms with Crippen LogP contribution in [0.15, 0.2) is 72.8 Å². The van der Waals surface area contributed by atoms with Crippen molar-refractivity contribution in [3.05, 3.63) is 105 Å². The zero-order chi connectivity index (χ0) is 20.2. The summed E-state index contributed by atoms with van der Waals surface area (Å²) < 4.78 is 13.4. The molecule has 0 saturated carbocycles. The summed E-state index contributed by atoms with van der Waals surface area (Å²) in [5.41, 5.74) is 3.28. The van der Waals surface area contributed by atoms with E-state index in [0.29, 0.717) is 0 Å². The first-order valence-corrected chi connectivity index (χ1v) is 10.6. The van der Waals surface area contributed by atoms with E-state index in [1.807, 2.05) is 48.5 Å². The number of hydrogen-bond acceptors (Lipinski definition) is 2. The van der Waals surface area contributed by atoms with Crippen molar-refractivity contribution in [3.8, 4) is 0 Å². The van der Waals surface area contributed by atoms with Crippen LogP contribution in [0.5, 0.6) is 0 Å². The van der Waals surface area contributed by atoms with Gasteiger partial charge in [-0.3, -0.25) is 9.80 Å². The van der Waals surface area contributed by atoms with E-state index >= 15 is 0 Å². The molecule has 2 nitrogen and oxygen atoms in total. The maximum atomic E-state index is 13.4. The van der Waals surface area contributed by atoms with Crippen molar-refractivity contribution in [1.82, 2.24) is 9.80 Å². The van der Waals surface area contributed by atoms with E-state index in [2.05, 4.69) is 21.9 Å². The molecular weight excluding hydrogens is 406 g/mol. The lowest BCUT2D eigenvalue weighted by Gasteiger charge is -2.44. The summed E-state index contributed by atoms with van der Waals surface area (Å²) in [6.07, 6.45) is 1.07. The third-order valence-electron chi connectivity index (χ3n) is 5.40. The van der Waals surface area contributed by atoms with Gasteiger partial charge in [-0.2, -0.15) is 0 Å². The molecule has 0 unspecified atom stereocenters. The number of halogens is 3. The standard InChI is InChI=1S/C24H23Cl2FN2/c25-22-8-3-1-6-19(22)17-29-15-5-14-28(16-18-10-12-20(27)13-11-18)24(29)21-7-2-4-9-23(21)26/h1-4,6-13,24H,5,14-17H2/t24-/m1/s1. The molecule has 5 heteroatoms. The minimum Gasteiger partial charge on any atom is -0.280 e. The van der Waals surface area contributed by atoms with Crippen LogP contribution in [0.3, 0.4) is 0 Å². The Labute approximate surface area is 181 Å². The van der Waals surface area contributed by atoms with Gasteiger partial charge in [0.15, 0.2) is 0 Å². The molecule has 29 heavy (non-hydrogen) atoms. The largest absolute Gasteiger partial charge is 0.280 e. The van der Waals surface area contributed by atoms with Gasteiger partial charge in [-0.05, 0) is 41.8 Å². The van der Waals surface area contributed by atoms with Gasteiger partial charge in [-0.25, -0.2) is 4.39 Å². The molecule has 1 saturated heterocycles. The Morgan fingerprint density at radius 1 is 0.759 bits per heavy atom. The molecule has 0 radical (unpaired) electrons. The second-order valence-electron chi connectivity index (χ2n) is 7.41. The Bertz CT molecular complexity index is 961. The van der Waals surface area contributed by atoms with Crippen LogP contribution in [0.1, 0.15) is 29.3 Å². The third-order valence-corrected chi connectivity index (χ3v) is 6.11. The zero-order valence-corrected chi connectivity index (χ0v) is 17.6. The van der Waals surface area contributed by atoms with Crippen LogP contribution in [-0.4, -0.2) is 22.9 Å². The van der Waals surface area contributed by atoms with Gasteiger partial charge in [0.1, 0.15) is 5.82 Å². The topological polar surface area (TPSA) is 6.48 Å². The second kappa shape index (κ2) is 9.27. The van der Waals surface area contributed by atoms with Crippen LogP contribution < -0.4 is 0 Å². The van der Waals surface area contributed by atoms with Gasteiger partial charge >= 0.3 is 0 Å². The van der Waals surface area contributed by atoms with Crippen LogP contribution in [0.25, 0.3) is 0 Å². The lowest BCUT2D eigenvalue weighted by atomic mass is 10.0. The average molecular weight is 429 g/mol. The lowest BCUT2D eigenvalue weighted by molar-refractivity contribution is -0.00902. The molecular formula is C24H23Cl2FN2. The maximum Gasteiger partial charge on any atom is 0.123 e. The third kappa shape index (κ3) is 4.81. The van der Waals surface area contributed by atoms with Gasteiger partial charge in [0.05, 0.1) is 6.17 Å². The molecule has 1 aliphatic heterocycles. The highest BCUT2D eigenvalue weighted by Gasteiger charge is 2.32. The Kier molecular flexibility index (Phi) is 6.51. The van der Waals surface area contributed by atoms with Crippen LogP contribution in [0, 0.1) is 5.82 Å². The lowest BCUT2D eigenvalue weighted by Crippen LogP contribution is -2.47. The molecule has 0 aliphatic carbocycles. The first-order valence-electron chi connectivity index (χ1n) is 9.82. The van der Waals surface area contributed by atoms with Gasteiger partial charge in [-0.1, -0.05) is 71.7 Å². The molecule has 150 valence electrons. The van der Waals surface area contributed by atoms with E-state index in [-0.39, 0.29) is 12.0 Å². The predicted molar refractivity (Wildman–Crippen MR) is 117 cm³/mol. The van der Waals surface area contributed by atoms with Crippen LogP contribution >= 0.6 is 23.2 Å². The number of nitrogens with zero attached hydrogens (tertiary/aromatic N) is 2. The fraction of sp³-hybridized carbons (Fsp3) is 0.250. The zero-order valence-electron chi connectivity index (χ0n) is 16.1. The highest BCUT2D eigenvalue weighted by atomic mass is 35.5. The molecule has 0 amide bonds. The molecule has 3 aromatic carbocycles. The first-order chi connectivity index (χ1) is 14.1. The van der Waals surface area contributed by atoms with Crippen molar-refractivity contribution >= 4 is 23.2 Å². The number of rotatable bonds is 5. The maximum absolute atomic E-state index is 13.4. The first kappa shape index (κ1) is 20.4. The number of benzene rings is 3. The van der Waals surface area contributed by atoms with Crippen molar-refractivity contribution in [2.24, 2.45) is 0 Å². The molecule has 1 heterocycles. The van der Waals surface area contributed by atoms with Crippen molar-refractivity contribution in [1.29, 1.82) is 0 Å². The monoisotopic (exact) mass is 428 g/mol. The minimum absolute atomic E-state index is 0.0266. The fourth-order valence-corrected chi connectivity index (χ4v) is 4.46. The highest BCUT2D eigenvalue weighted by Crippen LogP contribution is 2.36. The quantitative estimate of drug-likeness (QED) is 0.455. The van der Waals surface area contributed by atoms with Crippen LogP contribution in [-0.2, 0) is 13.1 Å². The summed E-state index contributed by atoms with van der Waals surface area (Å²) >= 11 is 13.1. The summed E-state index contributed by atoms with van der Waals surface area (Å²) in [6, 6.07) is 22.7. The molecule has 0 aromatic heterocycles.